The summed E-state index contributed by atoms with van der Waals surface area (Å²) in [7, 11) is -3.50. The van der Waals surface area contributed by atoms with Crippen LogP contribution in [0.15, 0.2) is 52.9 Å². The number of fused-ring (bicyclic) bond motifs is 3. The van der Waals surface area contributed by atoms with Gasteiger partial charge in [-0.15, -0.1) is 0 Å². The highest BCUT2D eigenvalue weighted by Gasteiger charge is 2.46. The summed E-state index contributed by atoms with van der Waals surface area (Å²) in [5, 5.41) is 0.249. The monoisotopic (exact) mass is 769 g/mol. The quantitative estimate of drug-likeness (QED) is 0.125. The number of likely N-dealkylation sites (tertiary alicyclic amines) is 1. The van der Waals surface area contributed by atoms with Crippen LogP contribution in [0.3, 0.4) is 0 Å². The first-order valence-corrected chi connectivity index (χ1v) is 20.0. The van der Waals surface area contributed by atoms with Gasteiger partial charge in [-0.05, 0) is 62.3 Å². The third kappa shape index (κ3) is 8.48. The number of nitrogens with one attached hydrogen (secondary N) is 1. The third-order valence-electron chi connectivity index (χ3n) is 10.5. The molecule has 2 aliphatic carbocycles. The van der Waals surface area contributed by atoms with E-state index in [-0.39, 0.29) is 60.3 Å². The molecule has 3 amide bonds. The van der Waals surface area contributed by atoms with E-state index in [0.29, 0.717) is 41.3 Å². The fraction of sp³-hybridized carbons (Fsp3) is 0.500. The summed E-state index contributed by atoms with van der Waals surface area (Å²) < 4.78 is 78.3. The lowest BCUT2D eigenvalue weighted by Crippen LogP contribution is -2.43. The van der Waals surface area contributed by atoms with Crippen LogP contribution in [-0.2, 0) is 30.6 Å². The van der Waals surface area contributed by atoms with Crippen molar-refractivity contribution < 1.29 is 45.1 Å². The van der Waals surface area contributed by atoms with E-state index in [4.69, 9.17) is 14.9 Å². The van der Waals surface area contributed by atoms with Gasteiger partial charge >= 0.3 is 6.18 Å². The first-order chi connectivity index (χ1) is 25.8. The standard InChI is InChI=1S/C38H42F3N5O7S/c39-38(40,41)24-15-13-22(14-16-24)35-43-32-27-10-7-8-11-30(27)53-33(32)37(44-35)52-25-20-29(34(42)48)46(21-25)31(47)12-6-4-2-1-3-5-9-23-19-28(23)36(49)45-54(50,51)26-17-18-26/h7-8,10-11,13-16,23,25-26,28-29H,1-6,9,12,17-21H2,(H2,42,48)(H,45,49)/t23-,25-,28+,29+/m1/s1. The van der Waals surface area contributed by atoms with Crippen LogP contribution < -0.4 is 15.2 Å². The molecule has 16 heteroatoms. The van der Waals surface area contributed by atoms with Gasteiger partial charge in [-0.25, -0.2) is 13.4 Å². The minimum Gasteiger partial charge on any atom is -0.470 e. The van der Waals surface area contributed by atoms with Crippen LogP contribution in [0.5, 0.6) is 5.88 Å². The Bertz CT molecular complexity index is 2150. The number of nitrogens with two attached hydrogens (primary N) is 1. The topological polar surface area (TPSA) is 175 Å². The van der Waals surface area contributed by atoms with Gasteiger partial charge in [0.25, 0.3) is 5.88 Å². The maximum absolute atomic E-state index is 13.3. The number of nitrogens with zero attached hydrogens (tertiary/aromatic N) is 3. The first kappa shape index (κ1) is 37.6. The van der Waals surface area contributed by atoms with Gasteiger partial charge in [0.2, 0.25) is 33.3 Å². The van der Waals surface area contributed by atoms with E-state index in [2.05, 4.69) is 14.7 Å². The fourth-order valence-electron chi connectivity index (χ4n) is 7.27. The van der Waals surface area contributed by atoms with Crippen LogP contribution in [0.4, 0.5) is 13.2 Å². The zero-order valence-electron chi connectivity index (χ0n) is 29.5. The molecule has 0 spiro atoms. The van der Waals surface area contributed by atoms with Crippen molar-refractivity contribution >= 4 is 49.8 Å². The molecular weight excluding hydrogens is 728 g/mol. The highest BCUT2D eigenvalue weighted by molar-refractivity contribution is 7.90. The highest BCUT2D eigenvalue weighted by Crippen LogP contribution is 2.43. The van der Waals surface area contributed by atoms with Gasteiger partial charge in [0, 0.05) is 29.7 Å². The normalized spacial score (nSPS) is 21.4. The fourth-order valence-corrected chi connectivity index (χ4v) is 8.62. The molecule has 7 rings (SSSR count). The number of furan rings is 1. The molecule has 4 aromatic rings. The second-order valence-electron chi connectivity index (χ2n) is 14.6. The average Bonchev–Trinajstić information content (AvgIpc) is 4.06. The van der Waals surface area contributed by atoms with Crippen LogP contribution in [0.2, 0.25) is 0 Å². The van der Waals surface area contributed by atoms with Gasteiger partial charge in [-0.3, -0.25) is 19.1 Å². The molecule has 3 heterocycles. The minimum absolute atomic E-state index is 0.0376. The summed E-state index contributed by atoms with van der Waals surface area (Å²) in [6, 6.07) is 10.7. The molecule has 3 aliphatic rings. The van der Waals surface area contributed by atoms with Crippen LogP contribution in [0, 0.1) is 11.8 Å². The van der Waals surface area contributed by atoms with E-state index in [1.807, 2.05) is 0 Å². The average molecular weight is 770 g/mol. The van der Waals surface area contributed by atoms with Crippen molar-refractivity contribution in [2.75, 3.05) is 6.54 Å². The van der Waals surface area contributed by atoms with E-state index in [1.54, 1.807) is 24.3 Å². The Balaban J connectivity index is 0.910. The molecule has 2 aromatic heterocycles. The van der Waals surface area contributed by atoms with E-state index >= 15 is 0 Å². The van der Waals surface area contributed by atoms with Crippen molar-refractivity contribution in [1.29, 1.82) is 0 Å². The van der Waals surface area contributed by atoms with Gasteiger partial charge in [0.15, 0.2) is 5.82 Å². The van der Waals surface area contributed by atoms with Gasteiger partial charge in [0.1, 0.15) is 23.2 Å². The Kier molecular flexibility index (Phi) is 10.6. The summed E-state index contributed by atoms with van der Waals surface area (Å²) in [5.74, 6) is -1.04. The van der Waals surface area contributed by atoms with Gasteiger partial charge in [-0.2, -0.15) is 18.2 Å². The molecule has 1 aliphatic heterocycles. The van der Waals surface area contributed by atoms with Crippen molar-refractivity contribution in [3.8, 4) is 17.3 Å². The van der Waals surface area contributed by atoms with E-state index < -0.39 is 45.1 Å². The number of sulfonamides is 1. The number of carbonyl (C=O) groups excluding carboxylic acids is 3. The maximum atomic E-state index is 13.3. The molecular formula is C38H42F3N5O7S. The molecule has 4 atom stereocenters. The second kappa shape index (κ2) is 15.2. The number of rotatable bonds is 16. The number of hydrogen-bond donors (Lipinski definition) is 2. The van der Waals surface area contributed by atoms with Crippen LogP contribution in [0.1, 0.15) is 82.6 Å². The van der Waals surface area contributed by atoms with E-state index in [1.165, 1.54) is 17.0 Å². The smallest absolute Gasteiger partial charge is 0.416 e. The summed E-state index contributed by atoms with van der Waals surface area (Å²) in [6.45, 7) is 0.0838. The molecule has 0 unspecified atom stereocenters. The third-order valence-corrected chi connectivity index (χ3v) is 12.4. The molecule has 3 fully saturated rings. The number of ether oxygens (including phenoxy) is 1. The Hall–Kier alpha value is -4.73. The van der Waals surface area contributed by atoms with Crippen molar-refractivity contribution in [1.82, 2.24) is 19.6 Å². The van der Waals surface area contributed by atoms with Crippen LogP contribution in [-0.4, -0.2) is 64.9 Å². The second-order valence-corrected chi connectivity index (χ2v) is 16.6. The molecule has 288 valence electrons. The number of amides is 3. The molecule has 2 aromatic carbocycles. The van der Waals surface area contributed by atoms with Gasteiger partial charge < -0.3 is 19.8 Å². The number of hydrogen-bond acceptors (Lipinski definition) is 9. The van der Waals surface area contributed by atoms with E-state index in [9.17, 15) is 36.0 Å². The first-order valence-electron chi connectivity index (χ1n) is 18.5. The number of carbonyl (C=O) groups is 3. The molecule has 54 heavy (non-hydrogen) atoms. The summed E-state index contributed by atoms with van der Waals surface area (Å²) in [6.07, 6.45) is 3.34. The zero-order chi connectivity index (χ0) is 38.2. The predicted octanol–water partition coefficient (Wildman–Crippen LogP) is 6.26. The Morgan fingerprint density at radius 2 is 1.65 bits per heavy atom. The van der Waals surface area contributed by atoms with Crippen molar-refractivity contribution in [2.45, 2.75) is 101 Å². The molecule has 12 nitrogen and oxygen atoms in total. The Morgan fingerprint density at radius 1 is 0.944 bits per heavy atom. The lowest BCUT2D eigenvalue weighted by Gasteiger charge is -2.21. The summed E-state index contributed by atoms with van der Waals surface area (Å²) in [4.78, 5) is 48.6. The molecule has 2 saturated carbocycles. The number of benzene rings is 2. The number of primary amides is 1. The van der Waals surface area contributed by atoms with Gasteiger partial charge in [-0.1, -0.05) is 56.4 Å². The molecule has 0 bridgehead atoms. The zero-order valence-corrected chi connectivity index (χ0v) is 30.3. The SMILES string of the molecule is NC(=O)[C@@H]1C[C@@H](Oc2nc(-c3ccc(C(F)(F)F)cc3)nc3c2oc2ccccc23)CN1C(=O)CCCCCCCC[C@@H]1C[C@@H]1C(=O)NS(=O)(=O)C1CC1. The number of unbranched alkanes of at least 4 members (excludes halogenated alkanes) is 5. The van der Waals surface area contributed by atoms with Crippen molar-refractivity contribution in [3.63, 3.8) is 0 Å². The summed E-state index contributed by atoms with van der Waals surface area (Å²) >= 11 is 0. The summed E-state index contributed by atoms with van der Waals surface area (Å²) in [5.41, 5.74) is 6.39. The lowest BCUT2D eigenvalue weighted by molar-refractivity contribution is -0.137. The Labute approximate surface area is 310 Å². The van der Waals surface area contributed by atoms with Crippen LogP contribution in [0.25, 0.3) is 33.5 Å². The molecule has 1 saturated heterocycles. The number of halogens is 3. The Morgan fingerprint density at radius 3 is 2.35 bits per heavy atom. The largest absolute Gasteiger partial charge is 0.470 e. The maximum Gasteiger partial charge on any atom is 0.416 e. The number of para-hydroxylation sites is 1. The lowest BCUT2D eigenvalue weighted by atomic mass is 10.1. The highest BCUT2D eigenvalue weighted by atomic mass is 32.2. The van der Waals surface area contributed by atoms with Crippen LogP contribution >= 0.6 is 0 Å². The van der Waals surface area contributed by atoms with E-state index in [0.717, 1.165) is 57.1 Å². The molecule has 3 N–H and O–H groups in total. The molecule has 0 radical (unpaired) electrons. The van der Waals surface area contributed by atoms with Crippen molar-refractivity contribution in [2.24, 2.45) is 17.6 Å². The predicted molar refractivity (Wildman–Crippen MR) is 192 cm³/mol. The number of alkyl halides is 3. The minimum atomic E-state index is -4.50. The number of aromatic nitrogens is 2. The van der Waals surface area contributed by atoms with Gasteiger partial charge in [0.05, 0.1) is 17.4 Å². The van der Waals surface area contributed by atoms with Crippen molar-refractivity contribution in [3.05, 3.63) is 54.1 Å².